The van der Waals surface area contributed by atoms with Crippen LogP contribution in [0.2, 0.25) is 0 Å². The van der Waals surface area contributed by atoms with Crippen LogP contribution in [0.15, 0.2) is 30.3 Å². The van der Waals surface area contributed by atoms with Crippen molar-refractivity contribution in [3.05, 3.63) is 52.7 Å². The topological polar surface area (TPSA) is 42.1 Å². The van der Waals surface area contributed by atoms with E-state index in [1.165, 1.54) is 41.6 Å². The second kappa shape index (κ2) is 9.07. The molecule has 1 saturated heterocycles. The minimum atomic E-state index is 0.656. The number of benzene rings is 1. The normalized spacial score (nSPS) is 14.6. The van der Waals surface area contributed by atoms with Crippen LogP contribution in [0.1, 0.15) is 61.9 Å². The van der Waals surface area contributed by atoms with E-state index in [9.17, 15) is 0 Å². The summed E-state index contributed by atoms with van der Waals surface area (Å²) in [5.41, 5.74) is 12.9. The number of aromatic nitrogens is 1. The molecule has 0 unspecified atom stereocenters. The van der Waals surface area contributed by atoms with Crippen molar-refractivity contribution >= 4 is 11.5 Å². The number of nitrogens with two attached hydrogens (primary N) is 1. The lowest BCUT2D eigenvalue weighted by Crippen LogP contribution is -2.29. The Morgan fingerprint density at radius 1 is 0.923 bits per heavy atom. The molecule has 0 aliphatic carbocycles. The second-order valence-electron chi connectivity index (χ2n) is 7.45. The number of piperidine rings is 1. The molecular weight excluding hydrogens is 318 g/mol. The Hall–Kier alpha value is -2.03. The van der Waals surface area contributed by atoms with E-state index in [1.54, 1.807) is 0 Å². The van der Waals surface area contributed by atoms with Crippen LogP contribution < -0.4 is 10.6 Å². The van der Waals surface area contributed by atoms with Gasteiger partial charge < -0.3 is 10.6 Å². The average Bonchev–Trinajstić information content (AvgIpc) is 2.68. The molecule has 2 N–H and O–H groups in total. The Kier molecular flexibility index (Phi) is 6.54. The summed E-state index contributed by atoms with van der Waals surface area (Å²) in [5, 5.41) is 0. The number of aryl methyl sites for hydroxylation is 4. The van der Waals surface area contributed by atoms with Gasteiger partial charge in [-0.05, 0) is 74.1 Å². The molecule has 2 aromatic rings. The molecule has 0 amide bonds. The summed E-state index contributed by atoms with van der Waals surface area (Å²) in [4.78, 5) is 7.03. The van der Waals surface area contributed by atoms with Crippen molar-refractivity contribution in [1.29, 1.82) is 0 Å². The highest BCUT2D eigenvalue weighted by Crippen LogP contribution is 2.23. The maximum absolute atomic E-state index is 6.08. The van der Waals surface area contributed by atoms with Gasteiger partial charge in [-0.3, -0.25) is 0 Å². The van der Waals surface area contributed by atoms with Crippen molar-refractivity contribution in [3.8, 4) is 0 Å². The van der Waals surface area contributed by atoms with Crippen LogP contribution in [-0.4, -0.2) is 18.1 Å². The highest BCUT2D eigenvalue weighted by Gasteiger charge is 2.12. The first kappa shape index (κ1) is 18.8. The Labute approximate surface area is 158 Å². The molecule has 3 nitrogen and oxygen atoms in total. The van der Waals surface area contributed by atoms with Gasteiger partial charge in [0.25, 0.3) is 0 Å². The molecule has 140 valence electrons. The number of nitrogen functional groups attached to an aromatic ring is 1. The summed E-state index contributed by atoms with van der Waals surface area (Å²) >= 11 is 0. The van der Waals surface area contributed by atoms with E-state index in [4.69, 9.17) is 5.73 Å². The van der Waals surface area contributed by atoms with E-state index < -0.39 is 0 Å². The lowest BCUT2D eigenvalue weighted by atomic mass is 9.97. The molecule has 0 bridgehead atoms. The molecule has 2 heterocycles. The predicted molar refractivity (Wildman–Crippen MR) is 112 cm³/mol. The first-order chi connectivity index (χ1) is 12.7. The van der Waals surface area contributed by atoms with E-state index in [0.29, 0.717) is 5.82 Å². The van der Waals surface area contributed by atoms with Gasteiger partial charge >= 0.3 is 0 Å². The quantitative estimate of drug-likeness (QED) is 0.767. The molecule has 1 aromatic carbocycles. The van der Waals surface area contributed by atoms with Crippen LogP contribution in [0.4, 0.5) is 11.5 Å². The van der Waals surface area contributed by atoms with E-state index in [1.807, 2.05) is 6.07 Å². The van der Waals surface area contributed by atoms with E-state index in [2.05, 4.69) is 48.0 Å². The summed E-state index contributed by atoms with van der Waals surface area (Å²) in [6.07, 6.45) is 9.36. The van der Waals surface area contributed by atoms with Crippen LogP contribution in [0, 0.1) is 0 Å². The fraction of sp³-hybridized carbons (Fsp3) is 0.522. The third kappa shape index (κ3) is 4.78. The maximum Gasteiger partial charge on any atom is 0.125 e. The molecule has 0 saturated carbocycles. The van der Waals surface area contributed by atoms with Crippen LogP contribution >= 0.6 is 0 Å². The molecule has 1 aliphatic heterocycles. The van der Waals surface area contributed by atoms with Gasteiger partial charge in [0.1, 0.15) is 5.82 Å². The number of hydrogen-bond donors (Lipinski definition) is 1. The highest BCUT2D eigenvalue weighted by atomic mass is 15.1. The SMILES string of the molecule is CCc1ccc(CCCc2cc(N3CCCCC3)cc(N)n2)cc1CC. The first-order valence-corrected chi connectivity index (χ1v) is 10.3. The molecule has 0 atom stereocenters. The van der Waals surface area contributed by atoms with Gasteiger partial charge in [-0.25, -0.2) is 4.98 Å². The van der Waals surface area contributed by atoms with E-state index in [0.717, 1.165) is 50.9 Å². The monoisotopic (exact) mass is 351 g/mol. The Bertz CT molecular complexity index is 717. The minimum absolute atomic E-state index is 0.656. The van der Waals surface area contributed by atoms with Crippen molar-refractivity contribution in [2.75, 3.05) is 23.7 Å². The van der Waals surface area contributed by atoms with Gasteiger partial charge in [-0.1, -0.05) is 32.0 Å². The third-order valence-electron chi connectivity index (χ3n) is 5.54. The highest BCUT2D eigenvalue weighted by molar-refractivity contribution is 5.54. The largest absolute Gasteiger partial charge is 0.384 e. The van der Waals surface area contributed by atoms with Crippen molar-refractivity contribution in [1.82, 2.24) is 4.98 Å². The minimum Gasteiger partial charge on any atom is -0.384 e. The van der Waals surface area contributed by atoms with Gasteiger partial charge in [-0.15, -0.1) is 0 Å². The van der Waals surface area contributed by atoms with Crippen LogP contribution in [-0.2, 0) is 25.7 Å². The smallest absolute Gasteiger partial charge is 0.125 e. The number of nitrogens with zero attached hydrogens (tertiary/aromatic N) is 2. The van der Waals surface area contributed by atoms with Crippen LogP contribution in [0.25, 0.3) is 0 Å². The van der Waals surface area contributed by atoms with Gasteiger partial charge in [-0.2, -0.15) is 0 Å². The fourth-order valence-corrected chi connectivity index (χ4v) is 4.04. The van der Waals surface area contributed by atoms with Crippen LogP contribution in [0.3, 0.4) is 0 Å². The number of rotatable bonds is 7. The van der Waals surface area contributed by atoms with Gasteiger partial charge in [0, 0.05) is 30.5 Å². The number of anilines is 2. The first-order valence-electron chi connectivity index (χ1n) is 10.3. The summed E-state index contributed by atoms with van der Waals surface area (Å²) in [7, 11) is 0. The zero-order chi connectivity index (χ0) is 18.4. The Balaban J connectivity index is 1.62. The average molecular weight is 352 g/mol. The van der Waals surface area contributed by atoms with E-state index >= 15 is 0 Å². The Morgan fingerprint density at radius 3 is 2.42 bits per heavy atom. The Morgan fingerprint density at radius 2 is 1.69 bits per heavy atom. The molecule has 3 rings (SSSR count). The second-order valence-corrected chi connectivity index (χ2v) is 7.45. The zero-order valence-corrected chi connectivity index (χ0v) is 16.4. The lowest BCUT2D eigenvalue weighted by Gasteiger charge is -2.29. The van der Waals surface area contributed by atoms with E-state index in [-0.39, 0.29) is 0 Å². The van der Waals surface area contributed by atoms with Crippen molar-refractivity contribution in [2.24, 2.45) is 0 Å². The zero-order valence-electron chi connectivity index (χ0n) is 16.4. The van der Waals surface area contributed by atoms with Gasteiger partial charge in [0.2, 0.25) is 0 Å². The molecule has 0 spiro atoms. The summed E-state index contributed by atoms with van der Waals surface area (Å²) < 4.78 is 0. The number of pyridine rings is 1. The molecule has 3 heteroatoms. The summed E-state index contributed by atoms with van der Waals surface area (Å²) in [6, 6.07) is 11.3. The van der Waals surface area contributed by atoms with Crippen molar-refractivity contribution in [2.45, 2.75) is 65.2 Å². The maximum atomic E-state index is 6.08. The van der Waals surface area contributed by atoms with Crippen molar-refractivity contribution in [3.63, 3.8) is 0 Å². The van der Waals surface area contributed by atoms with Crippen LogP contribution in [0.5, 0.6) is 0 Å². The lowest BCUT2D eigenvalue weighted by molar-refractivity contribution is 0.577. The fourth-order valence-electron chi connectivity index (χ4n) is 4.04. The van der Waals surface area contributed by atoms with Gasteiger partial charge in [0.15, 0.2) is 0 Å². The molecule has 1 fully saturated rings. The third-order valence-corrected chi connectivity index (χ3v) is 5.54. The van der Waals surface area contributed by atoms with Crippen molar-refractivity contribution < 1.29 is 0 Å². The molecule has 1 aliphatic rings. The summed E-state index contributed by atoms with van der Waals surface area (Å²) in [6.45, 7) is 6.77. The number of hydrogen-bond acceptors (Lipinski definition) is 3. The van der Waals surface area contributed by atoms with Gasteiger partial charge in [0.05, 0.1) is 0 Å². The molecule has 0 radical (unpaired) electrons. The molecule has 26 heavy (non-hydrogen) atoms. The standard InChI is InChI=1S/C23H33N3/c1-3-19-12-11-18(15-20(19)4-2)9-8-10-21-16-22(17-23(24)25-21)26-13-6-5-7-14-26/h11-12,15-17H,3-10,13-14H2,1-2H3,(H2,24,25). The molecular formula is C23H33N3. The molecule has 1 aromatic heterocycles. The predicted octanol–water partition coefficient (Wildman–Crippen LogP) is 4.95. The summed E-state index contributed by atoms with van der Waals surface area (Å²) in [5.74, 6) is 0.656.